The van der Waals surface area contributed by atoms with E-state index in [1.54, 1.807) is 0 Å². The molecule has 1 aromatic rings. The molecule has 1 saturated heterocycles. The third-order valence-electron chi connectivity index (χ3n) is 3.05. The number of nitrogens with one attached hydrogen (secondary N) is 3. The number of anilines is 1. The van der Waals surface area contributed by atoms with E-state index < -0.39 is 0 Å². The lowest BCUT2D eigenvalue weighted by Gasteiger charge is -2.36. The normalized spacial score (nSPS) is 28.4. The molecule has 1 unspecified atom stereocenters. The van der Waals surface area contributed by atoms with Gasteiger partial charge in [-0.05, 0) is 18.7 Å². The Bertz CT molecular complexity index is 410. The second kappa shape index (κ2) is 2.97. The van der Waals surface area contributed by atoms with Crippen molar-refractivity contribution in [2.24, 2.45) is 0 Å². The summed E-state index contributed by atoms with van der Waals surface area (Å²) in [4.78, 5) is 11.9. The van der Waals surface area contributed by atoms with Crippen molar-refractivity contribution in [1.82, 2.24) is 10.6 Å². The standard InChI is InChI=1S/C11H13N3O/c15-10-8-3-1-2-4-9(8)13-11(14-10)5-6-12-7-11/h1-4,12-13H,5-7H2,(H,14,15). The van der Waals surface area contributed by atoms with Crippen LogP contribution in [-0.4, -0.2) is 24.7 Å². The molecule has 3 N–H and O–H groups in total. The first kappa shape index (κ1) is 8.73. The van der Waals surface area contributed by atoms with Crippen LogP contribution in [-0.2, 0) is 0 Å². The number of hydrogen-bond acceptors (Lipinski definition) is 3. The van der Waals surface area contributed by atoms with Gasteiger partial charge < -0.3 is 16.0 Å². The number of amides is 1. The summed E-state index contributed by atoms with van der Waals surface area (Å²) >= 11 is 0. The highest BCUT2D eigenvalue weighted by atomic mass is 16.2. The van der Waals surface area contributed by atoms with Gasteiger partial charge in [0.2, 0.25) is 0 Å². The van der Waals surface area contributed by atoms with Gasteiger partial charge in [0, 0.05) is 18.7 Å². The van der Waals surface area contributed by atoms with Crippen molar-refractivity contribution in [3.8, 4) is 0 Å². The lowest BCUT2D eigenvalue weighted by atomic mass is 10.0. The fourth-order valence-corrected chi connectivity index (χ4v) is 2.27. The van der Waals surface area contributed by atoms with Crippen LogP contribution in [0.2, 0.25) is 0 Å². The van der Waals surface area contributed by atoms with Gasteiger partial charge >= 0.3 is 0 Å². The van der Waals surface area contributed by atoms with E-state index in [9.17, 15) is 4.79 Å². The van der Waals surface area contributed by atoms with Crippen LogP contribution in [0.1, 0.15) is 16.8 Å². The Balaban J connectivity index is 2.02. The lowest BCUT2D eigenvalue weighted by Crippen LogP contribution is -2.58. The Morgan fingerprint density at radius 3 is 2.87 bits per heavy atom. The molecule has 1 atom stereocenters. The van der Waals surface area contributed by atoms with Crippen molar-refractivity contribution in [2.75, 3.05) is 18.4 Å². The van der Waals surface area contributed by atoms with Crippen LogP contribution in [0.25, 0.3) is 0 Å². The molecule has 2 aliphatic heterocycles. The van der Waals surface area contributed by atoms with Crippen molar-refractivity contribution in [2.45, 2.75) is 12.1 Å². The van der Waals surface area contributed by atoms with Crippen LogP contribution in [0.4, 0.5) is 5.69 Å². The van der Waals surface area contributed by atoms with Crippen molar-refractivity contribution >= 4 is 11.6 Å². The number of hydrogen-bond donors (Lipinski definition) is 3. The van der Waals surface area contributed by atoms with Crippen molar-refractivity contribution in [1.29, 1.82) is 0 Å². The Morgan fingerprint density at radius 1 is 1.20 bits per heavy atom. The first-order valence-electron chi connectivity index (χ1n) is 5.20. The molecule has 0 bridgehead atoms. The summed E-state index contributed by atoms with van der Waals surface area (Å²) in [6.45, 7) is 1.72. The van der Waals surface area contributed by atoms with Gasteiger partial charge in [0.25, 0.3) is 5.91 Å². The fraction of sp³-hybridized carbons (Fsp3) is 0.364. The number of fused-ring (bicyclic) bond motifs is 1. The molecule has 78 valence electrons. The zero-order valence-electron chi connectivity index (χ0n) is 8.34. The molecule has 0 aliphatic carbocycles. The highest BCUT2D eigenvalue weighted by Crippen LogP contribution is 2.27. The van der Waals surface area contributed by atoms with E-state index in [4.69, 9.17) is 0 Å². The van der Waals surface area contributed by atoms with E-state index in [0.29, 0.717) is 0 Å². The SMILES string of the molecule is O=C1NC2(CCNC2)Nc2ccccc21. The maximum Gasteiger partial charge on any atom is 0.255 e. The smallest absolute Gasteiger partial charge is 0.255 e. The average molecular weight is 203 g/mol. The van der Waals surface area contributed by atoms with E-state index >= 15 is 0 Å². The summed E-state index contributed by atoms with van der Waals surface area (Å²) in [5, 5.41) is 9.70. The quantitative estimate of drug-likeness (QED) is 0.576. The van der Waals surface area contributed by atoms with E-state index in [2.05, 4.69) is 16.0 Å². The highest BCUT2D eigenvalue weighted by Gasteiger charge is 2.39. The molecule has 1 aromatic carbocycles. The molecule has 3 rings (SSSR count). The monoisotopic (exact) mass is 203 g/mol. The zero-order chi connectivity index (χ0) is 10.3. The molecule has 4 nitrogen and oxygen atoms in total. The Labute approximate surface area is 88.1 Å². The van der Waals surface area contributed by atoms with Crippen molar-refractivity contribution in [3.05, 3.63) is 29.8 Å². The summed E-state index contributed by atoms with van der Waals surface area (Å²) in [6, 6.07) is 7.62. The summed E-state index contributed by atoms with van der Waals surface area (Å²) in [7, 11) is 0. The molecule has 4 heteroatoms. The summed E-state index contributed by atoms with van der Waals surface area (Å²) < 4.78 is 0. The fourth-order valence-electron chi connectivity index (χ4n) is 2.27. The van der Waals surface area contributed by atoms with Crippen LogP contribution in [0.5, 0.6) is 0 Å². The van der Waals surface area contributed by atoms with E-state index in [1.807, 2.05) is 24.3 Å². The van der Waals surface area contributed by atoms with E-state index in [1.165, 1.54) is 0 Å². The maximum atomic E-state index is 11.9. The molecule has 1 spiro atoms. The van der Waals surface area contributed by atoms with Gasteiger partial charge in [0.1, 0.15) is 5.66 Å². The molecule has 1 amide bonds. The van der Waals surface area contributed by atoms with Crippen LogP contribution in [0.15, 0.2) is 24.3 Å². The largest absolute Gasteiger partial charge is 0.361 e. The topological polar surface area (TPSA) is 53.2 Å². The van der Waals surface area contributed by atoms with Crippen LogP contribution < -0.4 is 16.0 Å². The minimum Gasteiger partial charge on any atom is -0.361 e. The van der Waals surface area contributed by atoms with Gasteiger partial charge in [-0.25, -0.2) is 0 Å². The first-order valence-corrected chi connectivity index (χ1v) is 5.20. The molecule has 1 fully saturated rings. The van der Waals surface area contributed by atoms with Gasteiger partial charge in [-0.3, -0.25) is 4.79 Å². The van der Waals surface area contributed by atoms with Gasteiger partial charge in [0.15, 0.2) is 0 Å². The Hall–Kier alpha value is -1.55. The number of benzene rings is 1. The van der Waals surface area contributed by atoms with Crippen LogP contribution in [0, 0.1) is 0 Å². The summed E-state index contributed by atoms with van der Waals surface area (Å²) in [6.07, 6.45) is 0.924. The first-order chi connectivity index (χ1) is 7.29. The van der Waals surface area contributed by atoms with Gasteiger partial charge in [-0.15, -0.1) is 0 Å². The minimum absolute atomic E-state index is 0.0213. The maximum absolute atomic E-state index is 11.9. The van der Waals surface area contributed by atoms with E-state index in [-0.39, 0.29) is 11.6 Å². The molecule has 0 saturated carbocycles. The molecular formula is C11H13N3O. The van der Waals surface area contributed by atoms with E-state index in [0.717, 1.165) is 30.8 Å². The van der Waals surface area contributed by atoms with Crippen molar-refractivity contribution in [3.63, 3.8) is 0 Å². The van der Waals surface area contributed by atoms with Crippen LogP contribution >= 0.6 is 0 Å². The zero-order valence-corrected chi connectivity index (χ0v) is 8.34. The Kier molecular flexibility index (Phi) is 1.73. The molecule has 15 heavy (non-hydrogen) atoms. The van der Waals surface area contributed by atoms with Gasteiger partial charge in [0.05, 0.1) is 5.56 Å². The predicted molar refractivity (Wildman–Crippen MR) is 57.7 cm³/mol. The highest BCUT2D eigenvalue weighted by molar-refractivity contribution is 6.02. The van der Waals surface area contributed by atoms with Gasteiger partial charge in [-0.2, -0.15) is 0 Å². The Morgan fingerprint density at radius 2 is 2.07 bits per heavy atom. The molecular weight excluding hydrogens is 190 g/mol. The van der Waals surface area contributed by atoms with Crippen molar-refractivity contribution < 1.29 is 4.79 Å². The molecule has 0 aromatic heterocycles. The summed E-state index contributed by atoms with van der Waals surface area (Å²) in [5.74, 6) is 0.0213. The lowest BCUT2D eigenvalue weighted by molar-refractivity contribution is 0.0907. The molecule has 0 radical (unpaired) electrons. The minimum atomic E-state index is -0.272. The third-order valence-corrected chi connectivity index (χ3v) is 3.05. The third kappa shape index (κ3) is 1.29. The molecule has 2 aliphatic rings. The summed E-state index contributed by atoms with van der Waals surface area (Å²) in [5.41, 5.74) is 1.39. The predicted octanol–water partition coefficient (Wildman–Crippen LogP) is 0.531. The number of carbonyl (C=O) groups is 1. The number of para-hydroxylation sites is 1. The number of rotatable bonds is 0. The van der Waals surface area contributed by atoms with Gasteiger partial charge in [-0.1, -0.05) is 12.1 Å². The second-order valence-corrected chi connectivity index (χ2v) is 4.13. The number of carbonyl (C=O) groups excluding carboxylic acids is 1. The van der Waals surface area contributed by atoms with Crippen LogP contribution in [0.3, 0.4) is 0 Å². The average Bonchev–Trinajstić information content (AvgIpc) is 2.66. The second-order valence-electron chi connectivity index (χ2n) is 4.13. The molecule has 2 heterocycles.